The van der Waals surface area contributed by atoms with E-state index in [0.29, 0.717) is 0 Å². The second kappa shape index (κ2) is 5.65. The van der Waals surface area contributed by atoms with E-state index in [9.17, 15) is 0 Å². The van der Waals surface area contributed by atoms with Crippen LogP contribution in [0.2, 0.25) is 0 Å². The Bertz CT molecular complexity index is 137. The summed E-state index contributed by atoms with van der Waals surface area (Å²) in [6.45, 7) is 9.95. The van der Waals surface area contributed by atoms with Crippen LogP contribution in [0.1, 0.15) is 33.6 Å². The maximum atomic E-state index is 6.09. The summed E-state index contributed by atoms with van der Waals surface area (Å²) in [6, 6.07) is 0. The molecule has 2 heteroatoms. The molecule has 0 amide bonds. The van der Waals surface area contributed by atoms with E-state index in [2.05, 4.69) is 6.58 Å². The van der Waals surface area contributed by atoms with Crippen molar-refractivity contribution in [3.8, 4) is 0 Å². The third-order valence-electron chi connectivity index (χ3n) is 2.23. The Hall–Kier alpha value is 0.0500. The van der Waals surface area contributed by atoms with Gasteiger partial charge < -0.3 is 5.73 Å². The van der Waals surface area contributed by atoms with Gasteiger partial charge in [-0.25, -0.2) is 0 Å². The molecule has 72 valence electrons. The lowest BCUT2D eigenvalue weighted by Gasteiger charge is -2.33. The average Bonchev–Trinajstić information content (AvgIpc) is 2.09. The van der Waals surface area contributed by atoms with E-state index >= 15 is 0 Å². The van der Waals surface area contributed by atoms with Crippen LogP contribution in [-0.2, 0) is 0 Å². The van der Waals surface area contributed by atoms with Crippen molar-refractivity contribution in [2.45, 2.75) is 39.2 Å². The van der Waals surface area contributed by atoms with E-state index in [1.807, 2.05) is 32.5 Å². The van der Waals surface area contributed by atoms with Crippen LogP contribution < -0.4 is 5.73 Å². The van der Waals surface area contributed by atoms with Gasteiger partial charge in [-0.1, -0.05) is 26.0 Å². The van der Waals surface area contributed by atoms with Gasteiger partial charge in [0, 0.05) is 5.54 Å². The highest BCUT2D eigenvalue weighted by atomic mass is 32.2. The van der Waals surface area contributed by atoms with Crippen LogP contribution in [0, 0.1) is 0 Å². The molecule has 0 aromatic carbocycles. The van der Waals surface area contributed by atoms with E-state index in [1.54, 1.807) is 0 Å². The molecule has 0 aromatic heterocycles. The molecular weight excluding hydrogens is 166 g/mol. The van der Waals surface area contributed by atoms with Crippen molar-refractivity contribution < 1.29 is 0 Å². The van der Waals surface area contributed by atoms with E-state index in [4.69, 9.17) is 5.73 Å². The van der Waals surface area contributed by atoms with Crippen LogP contribution in [0.15, 0.2) is 12.2 Å². The highest BCUT2D eigenvalue weighted by Crippen LogP contribution is 2.29. The fraction of sp³-hybridized carbons (Fsp3) is 0.800. The molecule has 2 N–H and O–H groups in total. The molecule has 1 nitrogen and oxygen atoms in total. The van der Waals surface area contributed by atoms with Crippen molar-refractivity contribution in [2.75, 3.05) is 11.5 Å². The molecule has 12 heavy (non-hydrogen) atoms. The molecule has 1 heterocycles. The fourth-order valence-electron chi connectivity index (χ4n) is 1.16. The number of hydrogen-bond donors (Lipinski definition) is 1. The second-order valence-electron chi connectivity index (χ2n) is 3.05. The quantitative estimate of drug-likeness (QED) is 0.639. The highest BCUT2D eigenvalue weighted by molar-refractivity contribution is 7.99. The Morgan fingerprint density at radius 2 is 1.75 bits per heavy atom. The predicted molar refractivity (Wildman–Crippen MR) is 59.6 cm³/mol. The van der Waals surface area contributed by atoms with Gasteiger partial charge >= 0.3 is 0 Å². The first-order valence-corrected chi connectivity index (χ1v) is 5.83. The topological polar surface area (TPSA) is 26.0 Å². The molecule has 1 rings (SSSR count). The molecule has 1 aliphatic heterocycles. The number of nitrogens with two attached hydrogens (primary N) is 1. The minimum absolute atomic E-state index is 0.0365. The summed E-state index contributed by atoms with van der Waals surface area (Å²) < 4.78 is 0. The Balaban J connectivity index is 0.000000561. The lowest BCUT2D eigenvalue weighted by atomic mass is 9.87. The minimum atomic E-state index is -0.0365. The van der Waals surface area contributed by atoms with Crippen molar-refractivity contribution >= 4 is 11.8 Å². The van der Waals surface area contributed by atoms with Gasteiger partial charge in [-0.2, -0.15) is 11.8 Å². The number of hydrogen-bond acceptors (Lipinski definition) is 2. The highest BCUT2D eigenvalue weighted by Gasteiger charge is 2.27. The third-order valence-corrected chi connectivity index (χ3v) is 3.22. The second-order valence-corrected chi connectivity index (χ2v) is 4.27. The minimum Gasteiger partial charge on any atom is -0.322 e. The first-order valence-electron chi connectivity index (χ1n) is 4.68. The van der Waals surface area contributed by atoms with E-state index in [1.165, 1.54) is 11.5 Å². The molecule has 0 radical (unpaired) electrons. The summed E-state index contributed by atoms with van der Waals surface area (Å²) in [5, 5.41) is 0. The van der Waals surface area contributed by atoms with Gasteiger partial charge in [0.15, 0.2) is 0 Å². The zero-order valence-corrected chi connectivity index (χ0v) is 9.34. The van der Waals surface area contributed by atoms with Crippen molar-refractivity contribution in [3.05, 3.63) is 12.2 Å². The summed E-state index contributed by atoms with van der Waals surface area (Å²) in [6.07, 6.45) is 2.21. The van der Waals surface area contributed by atoms with Gasteiger partial charge in [-0.15, -0.1) is 0 Å². The fourth-order valence-corrected chi connectivity index (χ4v) is 2.38. The zero-order chi connectivity index (χ0) is 9.61. The molecule has 1 saturated heterocycles. The van der Waals surface area contributed by atoms with Gasteiger partial charge in [0.1, 0.15) is 0 Å². The van der Waals surface area contributed by atoms with Gasteiger partial charge in [0.2, 0.25) is 0 Å². The molecule has 0 atom stereocenters. The third kappa shape index (κ3) is 3.20. The van der Waals surface area contributed by atoms with E-state index in [-0.39, 0.29) is 5.54 Å². The van der Waals surface area contributed by atoms with Gasteiger partial charge in [-0.05, 0) is 31.3 Å². The lowest BCUT2D eigenvalue weighted by molar-refractivity contribution is 0.464. The summed E-state index contributed by atoms with van der Waals surface area (Å²) in [7, 11) is 0. The first-order chi connectivity index (χ1) is 5.65. The van der Waals surface area contributed by atoms with Crippen LogP contribution in [-0.4, -0.2) is 17.0 Å². The van der Waals surface area contributed by atoms with E-state index < -0.39 is 0 Å². The van der Waals surface area contributed by atoms with Crippen molar-refractivity contribution in [3.63, 3.8) is 0 Å². The van der Waals surface area contributed by atoms with Crippen LogP contribution >= 0.6 is 11.8 Å². The predicted octanol–water partition coefficient (Wildman–Crippen LogP) is 2.81. The zero-order valence-electron chi connectivity index (χ0n) is 8.52. The Labute approximate surface area is 80.8 Å². The summed E-state index contributed by atoms with van der Waals surface area (Å²) in [4.78, 5) is 0. The smallest absolute Gasteiger partial charge is 0.0379 e. The van der Waals surface area contributed by atoms with Crippen molar-refractivity contribution in [2.24, 2.45) is 5.73 Å². The SMILES string of the molecule is C=C(C)C1(N)CCSCC1.CC. The van der Waals surface area contributed by atoms with Crippen LogP contribution in [0.3, 0.4) is 0 Å². The molecule has 0 spiro atoms. The van der Waals surface area contributed by atoms with Gasteiger partial charge in [0.25, 0.3) is 0 Å². The average molecular weight is 187 g/mol. The summed E-state index contributed by atoms with van der Waals surface area (Å²) >= 11 is 1.99. The molecule has 0 aromatic rings. The van der Waals surface area contributed by atoms with Crippen LogP contribution in [0.4, 0.5) is 0 Å². The maximum absolute atomic E-state index is 6.09. The Morgan fingerprint density at radius 1 is 1.33 bits per heavy atom. The monoisotopic (exact) mass is 187 g/mol. The number of rotatable bonds is 1. The summed E-state index contributed by atoms with van der Waals surface area (Å²) in [5.74, 6) is 2.40. The molecule has 1 aliphatic rings. The van der Waals surface area contributed by atoms with Crippen LogP contribution in [0.5, 0.6) is 0 Å². The molecular formula is C10H21NS. The first kappa shape index (κ1) is 12.0. The Kier molecular flexibility index (Phi) is 5.68. The number of thioether (sulfide) groups is 1. The lowest BCUT2D eigenvalue weighted by Crippen LogP contribution is -2.43. The van der Waals surface area contributed by atoms with Gasteiger partial charge in [-0.3, -0.25) is 0 Å². The molecule has 1 fully saturated rings. The van der Waals surface area contributed by atoms with Crippen molar-refractivity contribution in [1.29, 1.82) is 0 Å². The maximum Gasteiger partial charge on any atom is 0.0379 e. The summed E-state index contributed by atoms with van der Waals surface area (Å²) in [5.41, 5.74) is 7.20. The van der Waals surface area contributed by atoms with E-state index in [0.717, 1.165) is 18.4 Å². The van der Waals surface area contributed by atoms with Gasteiger partial charge in [0.05, 0.1) is 0 Å². The largest absolute Gasteiger partial charge is 0.322 e. The standard InChI is InChI=1S/C8H15NS.C2H6/c1-7(2)8(9)3-5-10-6-4-8;1-2/h1,3-6,9H2,2H3;1-2H3. The van der Waals surface area contributed by atoms with Crippen molar-refractivity contribution in [1.82, 2.24) is 0 Å². The normalized spacial score (nSPS) is 20.7. The molecule has 0 unspecified atom stereocenters. The Morgan fingerprint density at radius 3 is 2.00 bits per heavy atom. The molecule has 0 saturated carbocycles. The van der Waals surface area contributed by atoms with Crippen LogP contribution in [0.25, 0.3) is 0 Å². The molecule has 0 aliphatic carbocycles. The molecule has 0 bridgehead atoms.